The number of fused-ring (bicyclic) bond motifs is 2. The molecule has 1 atom stereocenters. The molecule has 0 saturated carbocycles. The molecule has 0 aliphatic carbocycles. The Morgan fingerprint density at radius 2 is 1.69 bits per heavy atom. The van der Waals surface area contributed by atoms with Gasteiger partial charge in [0.2, 0.25) is 5.91 Å². The number of carbonyl (C=O) groups excluding carboxylic acids is 2. The normalized spacial score (nSPS) is 17.1. The Kier molecular flexibility index (Phi) is 6.41. The van der Waals surface area contributed by atoms with Gasteiger partial charge in [0.15, 0.2) is 0 Å². The number of hydrogen-bond acceptors (Lipinski definition) is 6. The average molecular weight is 517 g/mol. The number of rotatable bonds is 6. The Labute approximate surface area is 208 Å². The highest BCUT2D eigenvalue weighted by Crippen LogP contribution is 2.49. The maximum Gasteiger partial charge on any atom is 0.416 e. The van der Waals surface area contributed by atoms with Crippen molar-refractivity contribution in [3.63, 3.8) is 0 Å². The van der Waals surface area contributed by atoms with Crippen molar-refractivity contribution < 1.29 is 27.5 Å². The van der Waals surface area contributed by atoms with Gasteiger partial charge in [-0.15, -0.1) is 0 Å². The number of carbonyl (C=O) groups is 2. The lowest BCUT2D eigenvalue weighted by molar-refractivity contribution is -0.137. The Bertz CT molecular complexity index is 1280. The summed E-state index contributed by atoms with van der Waals surface area (Å²) in [5, 5.41) is 1.51. The van der Waals surface area contributed by atoms with Crippen LogP contribution in [0, 0.1) is 0 Å². The van der Waals surface area contributed by atoms with Crippen LogP contribution in [0.4, 0.5) is 29.3 Å². The lowest BCUT2D eigenvalue weighted by atomic mass is 10.1. The minimum Gasteiger partial charge on any atom is -0.492 e. The molecule has 0 radical (unpaired) electrons. The molecule has 1 unspecified atom stereocenters. The van der Waals surface area contributed by atoms with Crippen molar-refractivity contribution in [3.8, 4) is 5.75 Å². The predicted molar refractivity (Wildman–Crippen MR) is 130 cm³/mol. The first kappa shape index (κ1) is 23.6. The number of thioether (sulfide) groups is 1. The van der Waals surface area contributed by atoms with Crippen LogP contribution in [0.1, 0.15) is 11.1 Å². The fourth-order valence-corrected chi connectivity index (χ4v) is 5.90. The summed E-state index contributed by atoms with van der Waals surface area (Å²) in [6, 6.07) is 18.7. The number of nitrogens with one attached hydrogen (secondary N) is 1. The third kappa shape index (κ3) is 5.13. The van der Waals surface area contributed by atoms with E-state index in [-0.39, 0.29) is 17.8 Å². The zero-order valence-corrected chi connectivity index (χ0v) is 19.8. The minimum absolute atomic E-state index is 0.253. The molecule has 1 N–H and O–H groups in total. The van der Waals surface area contributed by atoms with Crippen molar-refractivity contribution >= 4 is 46.0 Å². The largest absolute Gasteiger partial charge is 0.492 e. The van der Waals surface area contributed by atoms with Crippen molar-refractivity contribution in [2.45, 2.75) is 27.6 Å². The van der Waals surface area contributed by atoms with Crippen LogP contribution in [-0.4, -0.2) is 29.5 Å². The summed E-state index contributed by atoms with van der Waals surface area (Å²) in [7, 11) is 0. The third-order valence-electron chi connectivity index (χ3n) is 5.65. The Morgan fingerprint density at radius 3 is 2.40 bits per heavy atom. The lowest BCUT2D eigenvalue weighted by Gasteiger charge is -2.33. The van der Waals surface area contributed by atoms with Gasteiger partial charge in [-0.05, 0) is 54.4 Å². The van der Waals surface area contributed by atoms with Gasteiger partial charge < -0.3 is 9.64 Å². The number of nitrogens with zero attached hydrogens (tertiary/aromatic N) is 1. The van der Waals surface area contributed by atoms with Gasteiger partial charge in [0.25, 0.3) is 5.24 Å². The summed E-state index contributed by atoms with van der Waals surface area (Å²) in [6.45, 7) is 0.609. The van der Waals surface area contributed by atoms with Crippen molar-refractivity contribution in [1.82, 2.24) is 5.32 Å². The summed E-state index contributed by atoms with van der Waals surface area (Å²) in [6.07, 6.45) is -3.99. The van der Waals surface area contributed by atoms with E-state index in [9.17, 15) is 22.8 Å². The molecule has 180 valence electrons. The Hall–Kier alpha value is -3.11. The zero-order chi connectivity index (χ0) is 24.6. The highest BCUT2D eigenvalue weighted by atomic mass is 32.2. The summed E-state index contributed by atoms with van der Waals surface area (Å²) in [5.41, 5.74) is 1.55. The van der Waals surface area contributed by atoms with Crippen LogP contribution in [0.25, 0.3) is 0 Å². The molecule has 2 amide bonds. The monoisotopic (exact) mass is 516 g/mol. The van der Waals surface area contributed by atoms with Crippen LogP contribution in [0.2, 0.25) is 0 Å². The number of para-hydroxylation sites is 1. The van der Waals surface area contributed by atoms with E-state index < -0.39 is 17.0 Å². The molecule has 5 rings (SSSR count). The summed E-state index contributed by atoms with van der Waals surface area (Å²) in [5.74, 6) is 0.326. The molecule has 0 spiro atoms. The summed E-state index contributed by atoms with van der Waals surface area (Å²) < 4.78 is 46.0. The van der Waals surface area contributed by atoms with Crippen molar-refractivity contribution in [2.24, 2.45) is 0 Å². The van der Waals surface area contributed by atoms with Gasteiger partial charge in [0, 0.05) is 9.79 Å². The first-order valence-corrected chi connectivity index (χ1v) is 12.5. The minimum atomic E-state index is -4.43. The molecule has 5 nitrogen and oxygen atoms in total. The van der Waals surface area contributed by atoms with Gasteiger partial charge in [0.05, 0.1) is 28.7 Å². The summed E-state index contributed by atoms with van der Waals surface area (Å²) >= 11 is 2.43. The van der Waals surface area contributed by atoms with E-state index in [0.29, 0.717) is 24.4 Å². The summed E-state index contributed by atoms with van der Waals surface area (Å²) in [4.78, 5) is 26.7. The van der Waals surface area contributed by atoms with Crippen LogP contribution in [0.15, 0.2) is 76.5 Å². The smallest absolute Gasteiger partial charge is 0.416 e. The topological polar surface area (TPSA) is 58.6 Å². The predicted octanol–water partition coefficient (Wildman–Crippen LogP) is 6.28. The van der Waals surface area contributed by atoms with Crippen LogP contribution >= 0.6 is 23.5 Å². The van der Waals surface area contributed by atoms with Gasteiger partial charge in [-0.25, -0.2) is 0 Å². The first-order valence-electron chi connectivity index (χ1n) is 10.8. The standard InChI is InChI=1S/C25H19F3N2O3S2/c26-25(27,28)16-7-10-21-19(14-16)30(18-3-1-2-4-20(18)34-21)11-12-33-17-8-5-15(6-9-17)13-22-23(31)29-24(32)35-22/h1-10,14,22H,11-13H2,(H,29,31,32). The highest BCUT2D eigenvalue weighted by Gasteiger charge is 2.33. The van der Waals surface area contributed by atoms with E-state index in [4.69, 9.17) is 4.74 Å². The molecule has 2 aliphatic rings. The maximum absolute atomic E-state index is 13.4. The molecule has 0 aromatic heterocycles. The molecule has 10 heteroatoms. The number of benzene rings is 3. The lowest BCUT2D eigenvalue weighted by Crippen LogP contribution is -2.26. The SMILES string of the molecule is O=C1NC(=O)C(Cc2ccc(OCCN3c4ccccc4Sc4ccc(C(F)(F)F)cc43)cc2)S1. The van der Waals surface area contributed by atoms with Crippen LogP contribution in [0.3, 0.4) is 0 Å². The van der Waals surface area contributed by atoms with Crippen LogP contribution < -0.4 is 15.0 Å². The molecule has 3 aromatic rings. The van der Waals surface area contributed by atoms with E-state index >= 15 is 0 Å². The second-order valence-electron chi connectivity index (χ2n) is 7.98. The van der Waals surface area contributed by atoms with Crippen molar-refractivity contribution in [2.75, 3.05) is 18.1 Å². The molecule has 1 fully saturated rings. The number of imide groups is 1. The third-order valence-corrected chi connectivity index (χ3v) is 7.76. The number of hydrogen-bond donors (Lipinski definition) is 1. The van der Waals surface area contributed by atoms with Crippen LogP contribution in [-0.2, 0) is 17.4 Å². The second-order valence-corrected chi connectivity index (χ2v) is 10.2. The van der Waals surface area contributed by atoms with Gasteiger partial charge in [-0.1, -0.05) is 47.8 Å². The van der Waals surface area contributed by atoms with Crippen molar-refractivity contribution in [3.05, 3.63) is 77.9 Å². The number of anilines is 2. The zero-order valence-electron chi connectivity index (χ0n) is 18.2. The van der Waals surface area contributed by atoms with E-state index in [1.54, 1.807) is 12.1 Å². The number of halogens is 3. The van der Waals surface area contributed by atoms with Gasteiger partial charge >= 0.3 is 6.18 Å². The maximum atomic E-state index is 13.4. The fourth-order valence-electron chi connectivity index (χ4n) is 3.96. The van der Waals surface area contributed by atoms with Gasteiger partial charge in [0.1, 0.15) is 12.4 Å². The quantitative estimate of drug-likeness (QED) is 0.416. The molecule has 2 heterocycles. The van der Waals surface area contributed by atoms with Crippen LogP contribution in [0.5, 0.6) is 5.75 Å². The van der Waals surface area contributed by atoms with Gasteiger partial charge in [-0.3, -0.25) is 14.9 Å². The fraction of sp³-hybridized carbons (Fsp3) is 0.200. The molecule has 35 heavy (non-hydrogen) atoms. The number of amides is 2. The molecule has 3 aromatic carbocycles. The highest BCUT2D eigenvalue weighted by molar-refractivity contribution is 8.15. The molecule has 2 aliphatic heterocycles. The van der Waals surface area contributed by atoms with Crippen molar-refractivity contribution in [1.29, 1.82) is 0 Å². The van der Waals surface area contributed by atoms with E-state index in [2.05, 4.69) is 5.32 Å². The number of ether oxygens (including phenoxy) is 1. The first-order chi connectivity index (χ1) is 16.8. The molecule has 0 bridgehead atoms. The average Bonchev–Trinajstić information content (AvgIpc) is 3.15. The second kappa shape index (κ2) is 9.50. The Balaban J connectivity index is 1.28. The van der Waals surface area contributed by atoms with E-state index in [1.165, 1.54) is 23.9 Å². The van der Waals surface area contributed by atoms with Gasteiger partial charge in [-0.2, -0.15) is 13.2 Å². The number of alkyl halides is 3. The Morgan fingerprint density at radius 1 is 0.943 bits per heavy atom. The molecule has 1 saturated heterocycles. The van der Waals surface area contributed by atoms with E-state index in [0.717, 1.165) is 38.9 Å². The molecular formula is C25H19F3N2O3S2. The van der Waals surface area contributed by atoms with E-state index in [1.807, 2.05) is 41.3 Å². The molecular weight excluding hydrogens is 497 g/mol.